The third-order valence-corrected chi connectivity index (χ3v) is 8.28. The number of halogens is 1. The lowest BCUT2D eigenvalue weighted by molar-refractivity contribution is 0.146. The molecule has 0 saturated carbocycles. The van der Waals surface area contributed by atoms with E-state index >= 15 is 0 Å². The van der Waals surface area contributed by atoms with Gasteiger partial charge in [0.25, 0.3) is 0 Å². The monoisotopic (exact) mass is 487 g/mol. The third-order valence-electron chi connectivity index (χ3n) is 6.12. The Hall–Kier alpha value is -2.67. The molecule has 9 nitrogen and oxygen atoms in total. The number of nitrogens with two attached hydrogens (primary N) is 2. The molecule has 0 amide bonds. The van der Waals surface area contributed by atoms with E-state index in [1.165, 1.54) is 22.3 Å². The molecule has 1 saturated heterocycles. The molecule has 1 aromatic carbocycles. The van der Waals surface area contributed by atoms with E-state index in [9.17, 15) is 4.39 Å². The first-order chi connectivity index (χ1) is 16.0. The molecular weight excluding hydrogens is 461 g/mol. The number of hydrogen-bond donors (Lipinski definition) is 2. The van der Waals surface area contributed by atoms with Crippen molar-refractivity contribution in [1.82, 2.24) is 30.1 Å². The smallest absolute Gasteiger partial charge is 0.187 e. The summed E-state index contributed by atoms with van der Waals surface area (Å²) in [6.07, 6.45) is 0.573. The largest absolute Gasteiger partial charge is 0.399 e. The first-order valence-electron chi connectivity index (χ1n) is 10.9. The highest BCUT2D eigenvalue weighted by atomic mass is 32.1. The molecule has 4 heterocycles. The quantitative estimate of drug-likeness (QED) is 0.398. The molecule has 1 fully saturated rings. The zero-order chi connectivity index (χ0) is 23.1. The zero-order valence-electron chi connectivity index (χ0n) is 18.4. The minimum absolute atomic E-state index is 0.0447. The second-order valence-corrected chi connectivity index (χ2v) is 10.2. The molecule has 0 spiro atoms. The molecule has 3 atom stereocenters. The Kier molecular flexibility index (Phi) is 5.99. The van der Waals surface area contributed by atoms with Crippen LogP contribution in [0.15, 0.2) is 29.6 Å². The predicted octanol–water partition coefficient (Wildman–Crippen LogP) is 3.23. The summed E-state index contributed by atoms with van der Waals surface area (Å²) in [5.41, 5.74) is 13.3. The van der Waals surface area contributed by atoms with Crippen LogP contribution in [0.1, 0.15) is 43.1 Å². The van der Waals surface area contributed by atoms with Crippen molar-refractivity contribution in [2.75, 3.05) is 30.3 Å². The summed E-state index contributed by atoms with van der Waals surface area (Å²) < 4.78 is 16.7. The summed E-state index contributed by atoms with van der Waals surface area (Å²) >= 11 is 3.01. The summed E-state index contributed by atoms with van der Waals surface area (Å²) in [7, 11) is 0. The van der Waals surface area contributed by atoms with Gasteiger partial charge in [0.15, 0.2) is 11.0 Å². The van der Waals surface area contributed by atoms with Crippen LogP contribution in [0.4, 0.5) is 15.2 Å². The molecule has 174 valence electrons. The number of rotatable bonds is 6. The molecule has 3 aromatic heterocycles. The molecule has 33 heavy (non-hydrogen) atoms. The second kappa shape index (κ2) is 8.93. The standard InChI is InChI=1S/C21H26FN9S2/c1-3-16(20-26-27-28-31(20)12(2)17-5-4-8-32-17)29-6-7-30(18(24)11-29)21-25-15-10-13(23)9-14(22)19(15)33-21/h4-5,8-10,12,16,18H,3,6-7,11,23-24H2,1-2H3. The van der Waals surface area contributed by atoms with Crippen LogP contribution in [-0.2, 0) is 0 Å². The maximum atomic E-state index is 14.3. The highest BCUT2D eigenvalue weighted by Crippen LogP contribution is 2.35. The van der Waals surface area contributed by atoms with Crippen LogP contribution in [0, 0.1) is 5.82 Å². The molecule has 4 aromatic rings. The number of fused-ring (bicyclic) bond motifs is 1. The van der Waals surface area contributed by atoms with Gasteiger partial charge in [-0.25, -0.2) is 14.1 Å². The number of thiophene rings is 1. The number of benzene rings is 1. The van der Waals surface area contributed by atoms with Crippen LogP contribution in [0.25, 0.3) is 10.2 Å². The number of piperazine rings is 1. The van der Waals surface area contributed by atoms with E-state index in [4.69, 9.17) is 11.5 Å². The van der Waals surface area contributed by atoms with Gasteiger partial charge in [-0.2, -0.15) is 0 Å². The van der Waals surface area contributed by atoms with E-state index in [1.54, 1.807) is 17.4 Å². The maximum absolute atomic E-state index is 14.3. The van der Waals surface area contributed by atoms with Crippen LogP contribution in [-0.4, -0.2) is 55.9 Å². The Morgan fingerprint density at radius 1 is 1.30 bits per heavy atom. The molecule has 1 aliphatic heterocycles. The van der Waals surface area contributed by atoms with E-state index < -0.39 is 0 Å². The number of aromatic nitrogens is 5. The Morgan fingerprint density at radius 3 is 2.88 bits per heavy atom. The van der Waals surface area contributed by atoms with E-state index in [2.05, 4.69) is 50.7 Å². The predicted molar refractivity (Wildman–Crippen MR) is 130 cm³/mol. The van der Waals surface area contributed by atoms with E-state index in [-0.39, 0.29) is 24.1 Å². The number of anilines is 2. The van der Waals surface area contributed by atoms with Crippen molar-refractivity contribution in [3.63, 3.8) is 0 Å². The van der Waals surface area contributed by atoms with Crippen LogP contribution in [0.2, 0.25) is 0 Å². The van der Waals surface area contributed by atoms with Crippen LogP contribution in [0.5, 0.6) is 0 Å². The molecule has 1 aliphatic rings. The molecule has 0 radical (unpaired) electrons. The van der Waals surface area contributed by atoms with Crippen LogP contribution < -0.4 is 16.4 Å². The fraction of sp³-hybridized carbons (Fsp3) is 0.429. The average Bonchev–Trinajstić information content (AvgIpc) is 3.55. The Bertz CT molecular complexity index is 1240. The summed E-state index contributed by atoms with van der Waals surface area (Å²) in [6.45, 7) is 6.32. The summed E-state index contributed by atoms with van der Waals surface area (Å²) in [6, 6.07) is 7.27. The molecule has 12 heteroatoms. The van der Waals surface area contributed by atoms with Gasteiger partial charge in [-0.1, -0.05) is 24.3 Å². The van der Waals surface area contributed by atoms with Crippen LogP contribution >= 0.6 is 22.7 Å². The molecule has 0 aliphatic carbocycles. The van der Waals surface area contributed by atoms with Gasteiger partial charge in [-0.05, 0) is 47.4 Å². The first-order valence-corrected chi connectivity index (χ1v) is 12.6. The van der Waals surface area contributed by atoms with Gasteiger partial charge in [-0.15, -0.1) is 16.4 Å². The van der Waals surface area contributed by atoms with Crippen molar-refractivity contribution >= 4 is 43.7 Å². The Morgan fingerprint density at radius 2 is 2.15 bits per heavy atom. The SMILES string of the molecule is CCC(c1nnnn1C(C)c1cccs1)N1CCN(c2nc3cc(N)cc(F)c3s2)C(N)C1. The Labute approximate surface area is 198 Å². The fourth-order valence-electron chi connectivity index (χ4n) is 4.43. The molecule has 0 bridgehead atoms. The fourth-order valence-corrected chi connectivity index (χ4v) is 6.23. The van der Waals surface area contributed by atoms with Gasteiger partial charge in [0.2, 0.25) is 0 Å². The van der Waals surface area contributed by atoms with E-state index in [1.807, 2.05) is 15.6 Å². The van der Waals surface area contributed by atoms with Crippen molar-refractivity contribution in [3.8, 4) is 0 Å². The zero-order valence-corrected chi connectivity index (χ0v) is 20.1. The first kappa shape index (κ1) is 22.1. The minimum Gasteiger partial charge on any atom is -0.399 e. The van der Waals surface area contributed by atoms with Gasteiger partial charge in [0.05, 0.1) is 28.5 Å². The van der Waals surface area contributed by atoms with E-state index in [0.717, 1.165) is 18.8 Å². The van der Waals surface area contributed by atoms with Gasteiger partial charge < -0.3 is 16.4 Å². The number of nitrogens with zero attached hydrogens (tertiary/aromatic N) is 7. The number of nitrogen functional groups attached to an aromatic ring is 1. The maximum Gasteiger partial charge on any atom is 0.187 e. The van der Waals surface area contributed by atoms with Gasteiger partial charge >= 0.3 is 0 Å². The van der Waals surface area contributed by atoms with E-state index in [0.29, 0.717) is 34.1 Å². The van der Waals surface area contributed by atoms with Crippen molar-refractivity contribution < 1.29 is 4.39 Å². The van der Waals surface area contributed by atoms with Crippen molar-refractivity contribution in [1.29, 1.82) is 0 Å². The van der Waals surface area contributed by atoms with Gasteiger partial charge in [0.1, 0.15) is 5.82 Å². The molecule has 3 unspecified atom stereocenters. The topological polar surface area (TPSA) is 115 Å². The molecule has 5 rings (SSSR count). The lowest BCUT2D eigenvalue weighted by Crippen LogP contribution is -2.58. The Balaban J connectivity index is 1.36. The molecule has 4 N–H and O–H groups in total. The summed E-state index contributed by atoms with van der Waals surface area (Å²) in [4.78, 5) is 10.2. The second-order valence-electron chi connectivity index (χ2n) is 8.20. The lowest BCUT2D eigenvalue weighted by Gasteiger charge is -2.42. The molecular formula is C21H26FN9S2. The lowest BCUT2D eigenvalue weighted by atomic mass is 10.1. The normalized spacial score (nSPS) is 19.3. The van der Waals surface area contributed by atoms with Gasteiger partial charge in [-0.3, -0.25) is 4.90 Å². The average molecular weight is 488 g/mol. The highest BCUT2D eigenvalue weighted by molar-refractivity contribution is 7.22. The van der Waals surface area contributed by atoms with Crippen molar-refractivity contribution in [3.05, 3.63) is 46.2 Å². The van der Waals surface area contributed by atoms with Gasteiger partial charge in [0, 0.05) is 30.2 Å². The number of thiazole rings is 1. The van der Waals surface area contributed by atoms with Crippen molar-refractivity contribution in [2.24, 2.45) is 5.73 Å². The van der Waals surface area contributed by atoms with Crippen LogP contribution in [0.3, 0.4) is 0 Å². The summed E-state index contributed by atoms with van der Waals surface area (Å²) in [5.74, 6) is 0.496. The number of hydrogen-bond acceptors (Lipinski definition) is 10. The third kappa shape index (κ3) is 4.07. The minimum atomic E-state index is -0.348. The van der Waals surface area contributed by atoms with Crippen molar-refractivity contribution in [2.45, 2.75) is 38.5 Å². The highest BCUT2D eigenvalue weighted by Gasteiger charge is 2.33. The summed E-state index contributed by atoms with van der Waals surface area (Å²) in [5, 5.41) is 15.4. The number of tetrazole rings is 1.